The number of para-hydroxylation sites is 1. The van der Waals surface area contributed by atoms with Crippen molar-refractivity contribution in [2.24, 2.45) is 0 Å². The molecule has 0 fully saturated rings. The van der Waals surface area contributed by atoms with Crippen LogP contribution in [0.4, 0.5) is 13.6 Å². The Morgan fingerprint density at radius 3 is 2.65 bits per heavy atom. The number of nitrogens with zero attached hydrogens (tertiary/aromatic N) is 2. The fourth-order valence-corrected chi connectivity index (χ4v) is 4.00. The number of methoxy groups -OCH3 is 1. The van der Waals surface area contributed by atoms with Crippen LogP contribution in [0.25, 0.3) is 10.9 Å². The fourth-order valence-electron chi connectivity index (χ4n) is 4.00. The van der Waals surface area contributed by atoms with Crippen LogP contribution in [0.15, 0.2) is 59.5 Å². The number of fused-ring (bicyclic) bond motifs is 1. The molecule has 214 valence electrons. The number of carbonyl (C=O) groups excluding carboxylic acids is 3. The topological polar surface area (TPSA) is 123 Å². The molecule has 0 aliphatic heterocycles. The molecular weight excluding hydrogens is 526 g/mol. The lowest BCUT2D eigenvalue weighted by atomic mass is 10.0. The molecule has 0 bridgehead atoms. The van der Waals surface area contributed by atoms with Crippen molar-refractivity contribution >= 4 is 28.7 Å². The minimum Gasteiger partial charge on any atom is -0.485 e. The molecule has 2 amide bonds. The van der Waals surface area contributed by atoms with E-state index in [4.69, 9.17) is 4.74 Å². The molecule has 2 aromatic heterocycles. The first-order valence-corrected chi connectivity index (χ1v) is 12.5. The number of hydrogen-bond acceptors (Lipinski definition) is 6. The Morgan fingerprint density at radius 2 is 1.95 bits per heavy atom. The number of pyridine rings is 1. The number of H-pyrrole nitrogens is 1. The van der Waals surface area contributed by atoms with E-state index in [-0.39, 0.29) is 42.4 Å². The van der Waals surface area contributed by atoms with E-state index >= 15 is 0 Å². The van der Waals surface area contributed by atoms with Gasteiger partial charge in [0.1, 0.15) is 12.4 Å². The van der Waals surface area contributed by atoms with Gasteiger partial charge in [0.25, 0.3) is 12.0 Å². The van der Waals surface area contributed by atoms with E-state index in [1.807, 2.05) is 0 Å². The van der Waals surface area contributed by atoms with Crippen LogP contribution in [-0.2, 0) is 27.3 Å². The summed E-state index contributed by atoms with van der Waals surface area (Å²) in [6.45, 7) is -0.600. The van der Waals surface area contributed by atoms with Gasteiger partial charge in [0, 0.05) is 43.4 Å². The second kappa shape index (κ2) is 14.1. The first-order chi connectivity index (χ1) is 19.1. The molecular formula is C28H32F2N4O6. The van der Waals surface area contributed by atoms with Crippen LogP contribution in [0, 0.1) is 0 Å². The maximum atomic E-state index is 13.2. The van der Waals surface area contributed by atoms with Gasteiger partial charge < -0.3 is 29.2 Å². The third kappa shape index (κ3) is 8.26. The van der Waals surface area contributed by atoms with E-state index in [9.17, 15) is 28.0 Å². The Balaban J connectivity index is 1.74. The van der Waals surface area contributed by atoms with Gasteiger partial charge in [-0.1, -0.05) is 24.3 Å². The number of Topliss-reactive ketones (excluding diaryl/α,β-unsaturated/α-hetero) is 1. The van der Waals surface area contributed by atoms with Crippen molar-refractivity contribution in [3.05, 3.63) is 76.4 Å². The largest absolute Gasteiger partial charge is 0.485 e. The second-order valence-corrected chi connectivity index (χ2v) is 9.23. The molecule has 12 heteroatoms. The number of benzene rings is 1. The summed E-state index contributed by atoms with van der Waals surface area (Å²) in [6.07, 6.45) is 1.49. The summed E-state index contributed by atoms with van der Waals surface area (Å²) in [5.74, 6) is -0.319. The first kappa shape index (κ1) is 30.1. The number of rotatable bonds is 13. The number of halogens is 2. The molecule has 0 aliphatic carbocycles. The van der Waals surface area contributed by atoms with Gasteiger partial charge in [-0.05, 0) is 37.1 Å². The zero-order valence-electron chi connectivity index (χ0n) is 22.5. The van der Waals surface area contributed by atoms with Crippen LogP contribution < -0.4 is 15.6 Å². The third-order valence-electron chi connectivity index (χ3n) is 6.03. The fraction of sp³-hybridized carbons (Fsp3) is 0.357. The van der Waals surface area contributed by atoms with E-state index in [0.717, 1.165) is 5.39 Å². The third-order valence-corrected chi connectivity index (χ3v) is 6.03. The normalized spacial score (nSPS) is 12.1. The summed E-state index contributed by atoms with van der Waals surface area (Å²) >= 11 is 0. The predicted molar refractivity (Wildman–Crippen MR) is 145 cm³/mol. The predicted octanol–water partition coefficient (Wildman–Crippen LogP) is 3.28. The highest BCUT2D eigenvalue weighted by molar-refractivity contribution is 5.89. The van der Waals surface area contributed by atoms with Crippen LogP contribution in [-0.4, -0.2) is 72.5 Å². The van der Waals surface area contributed by atoms with Gasteiger partial charge in [-0.2, -0.15) is 0 Å². The molecule has 2 heterocycles. The van der Waals surface area contributed by atoms with Gasteiger partial charge in [0.05, 0.1) is 25.2 Å². The highest BCUT2D eigenvalue weighted by atomic mass is 19.3. The van der Waals surface area contributed by atoms with Crippen molar-refractivity contribution in [1.82, 2.24) is 19.8 Å². The number of hydrogen-bond donors (Lipinski definition) is 2. The van der Waals surface area contributed by atoms with Crippen molar-refractivity contribution in [3.63, 3.8) is 0 Å². The summed E-state index contributed by atoms with van der Waals surface area (Å²) in [5, 5.41) is 3.23. The molecule has 0 saturated heterocycles. The van der Waals surface area contributed by atoms with E-state index < -0.39 is 30.7 Å². The lowest BCUT2D eigenvalue weighted by molar-refractivity contribution is -0.123. The molecule has 1 aromatic carbocycles. The minimum absolute atomic E-state index is 0.137. The molecule has 10 nitrogen and oxygen atoms in total. The first-order valence-electron chi connectivity index (χ1n) is 12.5. The maximum absolute atomic E-state index is 13.2. The summed E-state index contributed by atoms with van der Waals surface area (Å²) in [7, 11) is 4.41. The Hall–Kier alpha value is -4.48. The number of allylic oxidation sites excluding steroid dienone is 1. The molecule has 0 aliphatic rings. The highest BCUT2D eigenvalue weighted by Gasteiger charge is 2.22. The number of amides is 2. The van der Waals surface area contributed by atoms with Crippen molar-refractivity contribution in [2.75, 3.05) is 27.8 Å². The van der Waals surface area contributed by atoms with Crippen molar-refractivity contribution < 1.29 is 32.6 Å². The number of alkyl carbamates (subject to hydrolysis) is 1. The molecule has 3 aromatic rings. The maximum Gasteiger partial charge on any atom is 0.407 e. The standard InChI is InChI=1S/C28H32F2N4O6/c1-33(2)25(36)12-5-4-10-21(32-28(38)39-3)22(35)15-19-9-7-13-34(27(19)37)16-20-14-18-8-6-11-23(26(18)31-20)40-17-24(29)30/h5-9,11-14,21,24,31H,4,10,15-17H2,1-3H3,(H,32,38)/b12-5+/t21-/m0/s1. The monoisotopic (exact) mass is 558 g/mol. The van der Waals surface area contributed by atoms with Crippen molar-refractivity contribution in [3.8, 4) is 5.75 Å². The van der Waals surface area contributed by atoms with Gasteiger partial charge in [-0.25, -0.2) is 13.6 Å². The molecule has 0 saturated carbocycles. The smallest absolute Gasteiger partial charge is 0.407 e. The lowest BCUT2D eigenvalue weighted by Gasteiger charge is -2.16. The lowest BCUT2D eigenvalue weighted by Crippen LogP contribution is -2.42. The van der Waals surface area contributed by atoms with E-state index in [2.05, 4.69) is 15.0 Å². The van der Waals surface area contributed by atoms with Crippen LogP contribution >= 0.6 is 0 Å². The number of aromatic amines is 1. The Bertz CT molecular complexity index is 1430. The summed E-state index contributed by atoms with van der Waals surface area (Å²) < 4.78 is 36.5. The van der Waals surface area contributed by atoms with E-state index in [0.29, 0.717) is 17.6 Å². The van der Waals surface area contributed by atoms with Gasteiger partial charge in [-0.3, -0.25) is 14.4 Å². The number of ketones is 1. The number of ether oxygens (including phenoxy) is 2. The minimum atomic E-state index is -2.61. The highest BCUT2D eigenvalue weighted by Crippen LogP contribution is 2.26. The van der Waals surface area contributed by atoms with Crippen LogP contribution in [0.5, 0.6) is 5.75 Å². The molecule has 40 heavy (non-hydrogen) atoms. The molecule has 2 N–H and O–H groups in total. The van der Waals surface area contributed by atoms with Gasteiger partial charge in [0.15, 0.2) is 5.78 Å². The van der Waals surface area contributed by atoms with E-state index in [1.165, 1.54) is 22.7 Å². The van der Waals surface area contributed by atoms with E-state index in [1.54, 1.807) is 62.8 Å². The number of aromatic nitrogens is 2. The summed E-state index contributed by atoms with van der Waals surface area (Å²) in [5.41, 5.74) is 1.02. The van der Waals surface area contributed by atoms with Gasteiger partial charge >= 0.3 is 6.09 Å². The average molecular weight is 559 g/mol. The van der Waals surface area contributed by atoms with Gasteiger partial charge in [0.2, 0.25) is 5.91 Å². The van der Waals surface area contributed by atoms with Crippen molar-refractivity contribution in [2.45, 2.75) is 38.3 Å². The van der Waals surface area contributed by atoms with Crippen LogP contribution in [0.1, 0.15) is 24.1 Å². The zero-order chi connectivity index (χ0) is 29.2. The number of nitrogens with one attached hydrogen (secondary N) is 2. The molecule has 0 unspecified atom stereocenters. The van der Waals surface area contributed by atoms with Gasteiger partial charge in [-0.15, -0.1) is 0 Å². The zero-order valence-corrected chi connectivity index (χ0v) is 22.5. The summed E-state index contributed by atoms with van der Waals surface area (Å²) in [6, 6.07) is 9.11. The summed E-state index contributed by atoms with van der Waals surface area (Å²) in [4.78, 5) is 54.4. The average Bonchev–Trinajstić information content (AvgIpc) is 3.34. The quantitative estimate of drug-likeness (QED) is 0.311. The Labute approximate surface area is 229 Å². The van der Waals surface area contributed by atoms with Crippen LogP contribution in [0.2, 0.25) is 0 Å². The SMILES string of the molecule is COC(=O)N[C@@H](CC/C=C/C(=O)N(C)C)C(=O)Cc1cccn(Cc2cc3cccc(OCC(F)F)c3[nH]2)c1=O. The Kier molecular flexibility index (Phi) is 10.6. The molecule has 1 atom stereocenters. The number of likely N-dealkylation sites (N-methyl/N-ethyl adjacent to an activating group) is 1. The molecule has 0 spiro atoms. The second-order valence-electron chi connectivity index (χ2n) is 9.23. The molecule has 0 radical (unpaired) electrons. The number of alkyl halides is 2. The molecule has 3 rings (SSSR count). The Morgan fingerprint density at radius 1 is 1.18 bits per heavy atom. The van der Waals surface area contributed by atoms with Crippen molar-refractivity contribution in [1.29, 1.82) is 0 Å². The number of carbonyl (C=O) groups is 3. The van der Waals surface area contributed by atoms with Crippen LogP contribution in [0.3, 0.4) is 0 Å².